The topological polar surface area (TPSA) is 88.2 Å². The molecule has 0 spiro atoms. The van der Waals surface area contributed by atoms with Crippen LogP contribution in [0.3, 0.4) is 0 Å². The number of aryl methyl sites for hydroxylation is 3. The van der Waals surface area contributed by atoms with Crippen LogP contribution in [0.2, 0.25) is 5.02 Å². The van der Waals surface area contributed by atoms with Crippen molar-refractivity contribution >= 4 is 11.6 Å². The summed E-state index contributed by atoms with van der Waals surface area (Å²) in [6, 6.07) is 8.37. The lowest BCUT2D eigenvalue weighted by Gasteiger charge is -2.22. The summed E-state index contributed by atoms with van der Waals surface area (Å²) in [6.45, 7) is 6.39. The predicted molar refractivity (Wildman–Crippen MR) is 146 cm³/mol. The molecule has 0 aliphatic carbocycles. The second-order valence-electron chi connectivity index (χ2n) is 9.69. The van der Waals surface area contributed by atoms with Gasteiger partial charge in [-0.2, -0.15) is 0 Å². The molecule has 0 radical (unpaired) electrons. The van der Waals surface area contributed by atoms with Crippen molar-refractivity contribution < 1.29 is 13.9 Å². The van der Waals surface area contributed by atoms with E-state index in [0.717, 1.165) is 18.4 Å². The first kappa shape index (κ1) is 26.8. The summed E-state index contributed by atoms with van der Waals surface area (Å²) in [6.07, 6.45) is 6.42. The van der Waals surface area contributed by atoms with E-state index in [1.807, 2.05) is 19.1 Å². The number of rotatable bonds is 6. The summed E-state index contributed by atoms with van der Waals surface area (Å²) in [5.41, 5.74) is 2.67. The lowest BCUT2D eigenvalue weighted by atomic mass is 9.93. The summed E-state index contributed by atoms with van der Waals surface area (Å²) in [7, 11) is 0. The Labute approximate surface area is 229 Å². The lowest BCUT2D eigenvalue weighted by Crippen LogP contribution is -2.27. The van der Waals surface area contributed by atoms with Gasteiger partial charge in [0.25, 0.3) is 11.1 Å². The van der Waals surface area contributed by atoms with E-state index < -0.39 is 11.4 Å². The second-order valence-corrected chi connectivity index (χ2v) is 10.1. The zero-order valence-corrected chi connectivity index (χ0v) is 22.7. The Balaban J connectivity index is 1.50. The molecule has 0 bridgehead atoms. The molecule has 4 aromatic rings. The monoisotopic (exact) mass is 550 g/mol. The molecule has 10 heteroatoms. The molecule has 4 aromatic heterocycles. The van der Waals surface area contributed by atoms with E-state index in [2.05, 4.69) is 9.97 Å². The van der Waals surface area contributed by atoms with Crippen molar-refractivity contribution in [1.29, 1.82) is 0 Å². The summed E-state index contributed by atoms with van der Waals surface area (Å²) in [4.78, 5) is 35.4. The van der Waals surface area contributed by atoms with Crippen molar-refractivity contribution in [1.82, 2.24) is 19.1 Å². The molecule has 0 atom stereocenters. The number of halogens is 2. The smallest absolute Gasteiger partial charge is 0.277 e. The SMILES string of the molecule is Cc1cnc(COc2cc(C)n(-c3cc(-n4cccc(C5CCOCC5)c4=O)ncc3C)c(=O)c2Cl)c(F)c1. The fraction of sp³-hybridized carbons (Fsp3) is 0.310. The van der Waals surface area contributed by atoms with Crippen LogP contribution in [0.4, 0.5) is 4.39 Å². The molecule has 202 valence electrons. The van der Waals surface area contributed by atoms with Crippen molar-refractivity contribution in [2.75, 3.05) is 13.2 Å². The Bertz CT molecular complexity index is 1660. The molecule has 0 N–H and O–H groups in total. The highest BCUT2D eigenvalue weighted by Crippen LogP contribution is 2.27. The molecule has 5 rings (SSSR count). The fourth-order valence-corrected chi connectivity index (χ4v) is 4.98. The van der Waals surface area contributed by atoms with E-state index in [9.17, 15) is 14.0 Å². The van der Waals surface area contributed by atoms with Gasteiger partial charge in [0.05, 0.1) is 5.69 Å². The number of hydrogen-bond acceptors (Lipinski definition) is 6. The van der Waals surface area contributed by atoms with Gasteiger partial charge in [-0.1, -0.05) is 17.7 Å². The Morgan fingerprint density at radius 2 is 1.85 bits per heavy atom. The van der Waals surface area contributed by atoms with Crippen LogP contribution in [0.25, 0.3) is 11.5 Å². The Kier molecular flexibility index (Phi) is 7.63. The third-order valence-electron chi connectivity index (χ3n) is 6.90. The molecule has 1 saturated heterocycles. The molecular formula is C29H28ClFN4O4. The van der Waals surface area contributed by atoms with Crippen molar-refractivity contribution in [2.45, 2.75) is 46.1 Å². The largest absolute Gasteiger partial charge is 0.485 e. The maximum Gasteiger partial charge on any atom is 0.277 e. The van der Waals surface area contributed by atoms with E-state index in [-0.39, 0.29) is 34.6 Å². The number of pyridine rings is 4. The van der Waals surface area contributed by atoms with E-state index in [1.165, 1.54) is 15.2 Å². The van der Waals surface area contributed by atoms with Crippen molar-refractivity contribution in [3.8, 4) is 17.3 Å². The molecule has 0 aromatic carbocycles. The summed E-state index contributed by atoms with van der Waals surface area (Å²) in [5, 5.41) is -0.149. The minimum absolute atomic E-state index is 0.113. The maximum atomic E-state index is 14.2. The van der Waals surface area contributed by atoms with Crippen LogP contribution in [0.15, 0.2) is 58.5 Å². The van der Waals surface area contributed by atoms with Gasteiger partial charge < -0.3 is 9.47 Å². The van der Waals surface area contributed by atoms with Crippen molar-refractivity contribution in [3.05, 3.63) is 109 Å². The van der Waals surface area contributed by atoms with Gasteiger partial charge in [-0.3, -0.25) is 23.7 Å². The average Bonchev–Trinajstić information content (AvgIpc) is 2.92. The molecule has 0 saturated carbocycles. The molecular weight excluding hydrogens is 523 g/mol. The normalized spacial score (nSPS) is 14.0. The number of hydrogen-bond donors (Lipinski definition) is 0. The molecule has 5 heterocycles. The highest BCUT2D eigenvalue weighted by atomic mass is 35.5. The molecule has 1 aliphatic rings. The molecule has 0 unspecified atom stereocenters. The van der Waals surface area contributed by atoms with Gasteiger partial charge in [0.2, 0.25) is 0 Å². The Morgan fingerprint density at radius 1 is 1.08 bits per heavy atom. The van der Waals surface area contributed by atoms with E-state index in [0.29, 0.717) is 41.5 Å². The molecule has 1 fully saturated rings. The summed E-state index contributed by atoms with van der Waals surface area (Å²) < 4.78 is 28.3. The highest BCUT2D eigenvalue weighted by Gasteiger charge is 2.21. The molecule has 1 aliphatic heterocycles. The minimum atomic E-state index is -0.507. The average molecular weight is 551 g/mol. The number of nitrogens with zero attached hydrogens (tertiary/aromatic N) is 4. The van der Waals surface area contributed by atoms with Gasteiger partial charge in [-0.05, 0) is 62.8 Å². The second kappa shape index (κ2) is 11.1. The summed E-state index contributed by atoms with van der Waals surface area (Å²) in [5.74, 6) is 0.151. The third-order valence-corrected chi connectivity index (χ3v) is 7.25. The van der Waals surface area contributed by atoms with Crippen molar-refractivity contribution in [2.24, 2.45) is 0 Å². The van der Waals surface area contributed by atoms with Gasteiger partial charge in [-0.25, -0.2) is 9.37 Å². The third kappa shape index (κ3) is 5.37. The van der Waals surface area contributed by atoms with Crippen LogP contribution in [-0.4, -0.2) is 32.3 Å². The zero-order valence-electron chi connectivity index (χ0n) is 21.9. The van der Waals surface area contributed by atoms with Gasteiger partial charge >= 0.3 is 0 Å². The van der Waals surface area contributed by atoms with E-state index in [4.69, 9.17) is 21.1 Å². The van der Waals surface area contributed by atoms with Gasteiger partial charge in [0.15, 0.2) is 0 Å². The standard InChI is InChI=1S/C29H28ClFN4O4/c1-17-11-22(31)23(32-14-17)16-39-25-12-19(3)35(29(37)27(25)30)24-13-26(33-15-18(24)2)34-8-4-5-21(28(34)36)20-6-9-38-10-7-20/h4-5,8,11-15,20H,6-7,9-10,16H2,1-3H3. The van der Waals surface area contributed by atoms with Crippen LogP contribution < -0.4 is 15.9 Å². The van der Waals surface area contributed by atoms with Crippen LogP contribution >= 0.6 is 11.6 Å². The first-order valence-corrected chi connectivity index (χ1v) is 13.0. The fourth-order valence-electron chi connectivity index (χ4n) is 4.79. The van der Waals surface area contributed by atoms with Gasteiger partial charge in [-0.15, -0.1) is 0 Å². The van der Waals surface area contributed by atoms with E-state index in [1.54, 1.807) is 44.6 Å². The first-order chi connectivity index (χ1) is 18.7. The van der Waals surface area contributed by atoms with E-state index >= 15 is 0 Å². The van der Waals surface area contributed by atoms with Crippen LogP contribution in [0, 0.1) is 26.6 Å². The first-order valence-electron chi connectivity index (χ1n) is 12.7. The van der Waals surface area contributed by atoms with Gasteiger partial charge in [0, 0.05) is 55.2 Å². The zero-order chi connectivity index (χ0) is 27.7. The maximum absolute atomic E-state index is 14.2. The minimum Gasteiger partial charge on any atom is -0.485 e. The Hall–Kier alpha value is -3.82. The van der Waals surface area contributed by atoms with Crippen LogP contribution in [-0.2, 0) is 11.3 Å². The lowest BCUT2D eigenvalue weighted by molar-refractivity contribution is 0.0850. The Morgan fingerprint density at radius 3 is 2.59 bits per heavy atom. The summed E-state index contributed by atoms with van der Waals surface area (Å²) >= 11 is 6.44. The molecule has 0 amide bonds. The number of aromatic nitrogens is 4. The van der Waals surface area contributed by atoms with Crippen molar-refractivity contribution in [3.63, 3.8) is 0 Å². The number of ether oxygens (including phenoxy) is 2. The predicted octanol–water partition coefficient (Wildman–Crippen LogP) is 4.97. The molecule has 39 heavy (non-hydrogen) atoms. The highest BCUT2D eigenvalue weighted by molar-refractivity contribution is 6.31. The van der Waals surface area contributed by atoms with Crippen LogP contribution in [0.5, 0.6) is 5.75 Å². The van der Waals surface area contributed by atoms with Crippen LogP contribution in [0.1, 0.15) is 46.8 Å². The quantitative estimate of drug-likeness (QED) is 0.337. The molecule has 8 nitrogen and oxygen atoms in total. The van der Waals surface area contributed by atoms with Gasteiger partial charge in [0.1, 0.15) is 34.7 Å².